The maximum atomic E-state index is 12.3. The first-order valence-corrected chi connectivity index (χ1v) is 13.0. The highest BCUT2D eigenvalue weighted by Gasteiger charge is 2.13. The van der Waals surface area contributed by atoms with Gasteiger partial charge in [0.1, 0.15) is 0 Å². The molecule has 0 spiro atoms. The summed E-state index contributed by atoms with van der Waals surface area (Å²) in [5.74, 6) is 0. The molecular formula is C33H28N4O. The summed E-state index contributed by atoms with van der Waals surface area (Å²) in [4.78, 5) is 28.9. The number of H-pyrrole nitrogens is 1. The monoisotopic (exact) mass is 496 g/mol. The number of nitrogens with zero attached hydrogens (tertiary/aromatic N) is 3. The summed E-state index contributed by atoms with van der Waals surface area (Å²) in [6.45, 7) is 1.98. The molecule has 186 valence electrons. The van der Waals surface area contributed by atoms with Gasteiger partial charge in [-0.25, -0.2) is 0 Å². The maximum Gasteiger partial charge on any atom is 0.257 e. The van der Waals surface area contributed by atoms with Crippen molar-refractivity contribution >= 4 is 12.2 Å². The van der Waals surface area contributed by atoms with E-state index >= 15 is 0 Å². The number of aromatic amines is 1. The van der Waals surface area contributed by atoms with E-state index in [-0.39, 0.29) is 5.56 Å². The fourth-order valence-electron chi connectivity index (χ4n) is 5.18. The molecule has 0 aliphatic heterocycles. The zero-order valence-electron chi connectivity index (χ0n) is 21.3. The van der Waals surface area contributed by atoms with E-state index in [9.17, 15) is 4.79 Å². The minimum Gasteiger partial charge on any atom is -0.329 e. The van der Waals surface area contributed by atoms with Crippen LogP contribution in [0.15, 0.2) is 90.4 Å². The molecule has 0 amide bonds. The minimum atomic E-state index is -0.150. The summed E-state index contributed by atoms with van der Waals surface area (Å²) < 4.78 is 0. The van der Waals surface area contributed by atoms with Gasteiger partial charge in [0, 0.05) is 53.2 Å². The molecule has 1 aliphatic carbocycles. The van der Waals surface area contributed by atoms with Crippen molar-refractivity contribution in [3.05, 3.63) is 124 Å². The van der Waals surface area contributed by atoms with Crippen LogP contribution in [0, 0.1) is 6.92 Å². The standard InChI is InChI=1S/C33H28N4O/c1-22-16-29(21-36-31(22)30-9-5-15-35-33(30)38)32-26(18-28(20-37-32)27-8-4-14-34-19-27)13-11-23-10-12-24-6-2-3-7-25(24)17-23/h4-5,8-21H,2-3,6-7H2,1H3,(H,35,38)/b13-11+. The van der Waals surface area contributed by atoms with E-state index in [1.807, 2.05) is 37.5 Å². The smallest absolute Gasteiger partial charge is 0.257 e. The Hall–Kier alpha value is -4.64. The molecule has 0 saturated carbocycles. The van der Waals surface area contributed by atoms with Crippen molar-refractivity contribution in [1.29, 1.82) is 0 Å². The number of hydrogen-bond donors (Lipinski definition) is 1. The Kier molecular flexibility index (Phi) is 6.49. The van der Waals surface area contributed by atoms with E-state index in [1.54, 1.807) is 24.7 Å². The van der Waals surface area contributed by atoms with Gasteiger partial charge in [0.05, 0.1) is 17.0 Å². The molecule has 0 bridgehead atoms. The summed E-state index contributed by atoms with van der Waals surface area (Å²) in [5, 5.41) is 0. The first-order chi connectivity index (χ1) is 18.7. The third kappa shape index (κ3) is 4.83. The second-order valence-electron chi connectivity index (χ2n) is 9.77. The van der Waals surface area contributed by atoms with Crippen LogP contribution >= 0.6 is 0 Å². The normalized spacial score (nSPS) is 13.0. The third-order valence-electron chi connectivity index (χ3n) is 7.16. The molecule has 5 aromatic rings. The number of benzene rings is 1. The molecule has 1 aromatic carbocycles. The Morgan fingerprint density at radius 3 is 2.45 bits per heavy atom. The van der Waals surface area contributed by atoms with Gasteiger partial charge in [-0.3, -0.25) is 19.7 Å². The lowest BCUT2D eigenvalue weighted by molar-refractivity contribution is 0.685. The van der Waals surface area contributed by atoms with Gasteiger partial charge in [-0.2, -0.15) is 0 Å². The number of aryl methyl sites for hydroxylation is 3. The fraction of sp³-hybridized carbons (Fsp3) is 0.152. The number of pyridine rings is 4. The van der Waals surface area contributed by atoms with E-state index in [4.69, 9.17) is 4.98 Å². The second kappa shape index (κ2) is 10.4. The second-order valence-corrected chi connectivity index (χ2v) is 9.77. The van der Waals surface area contributed by atoms with Gasteiger partial charge in [0.2, 0.25) is 0 Å². The molecule has 0 fully saturated rings. The van der Waals surface area contributed by atoms with Crippen molar-refractivity contribution in [1.82, 2.24) is 19.9 Å². The zero-order chi connectivity index (χ0) is 25.9. The number of aromatic nitrogens is 4. The third-order valence-corrected chi connectivity index (χ3v) is 7.16. The van der Waals surface area contributed by atoms with Crippen molar-refractivity contribution in [3.8, 4) is 33.6 Å². The van der Waals surface area contributed by atoms with Gasteiger partial charge in [-0.1, -0.05) is 36.4 Å². The predicted molar refractivity (Wildman–Crippen MR) is 154 cm³/mol. The van der Waals surface area contributed by atoms with E-state index in [1.165, 1.54) is 36.0 Å². The highest BCUT2D eigenvalue weighted by atomic mass is 16.1. The number of fused-ring (bicyclic) bond motifs is 1. The molecule has 0 atom stereocenters. The van der Waals surface area contributed by atoms with Crippen LogP contribution in [-0.2, 0) is 12.8 Å². The molecule has 5 nitrogen and oxygen atoms in total. The van der Waals surface area contributed by atoms with Crippen LogP contribution in [-0.4, -0.2) is 19.9 Å². The zero-order valence-corrected chi connectivity index (χ0v) is 21.3. The molecule has 5 heteroatoms. The van der Waals surface area contributed by atoms with Crippen molar-refractivity contribution in [2.75, 3.05) is 0 Å². The van der Waals surface area contributed by atoms with Crippen molar-refractivity contribution in [2.24, 2.45) is 0 Å². The molecule has 1 N–H and O–H groups in total. The van der Waals surface area contributed by atoms with Crippen LogP contribution < -0.4 is 5.56 Å². The highest BCUT2D eigenvalue weighted by molar-refractivity contribution is 5.82. The summed E-state index contributed by atoms with van der Waals surface area (Å²) >= 11 is 0. The first kappa shape index (κ1) is 23.7. The van der Waals surface area contributed by atoms with E-state index in [0.717, 1.165) is 39.9 Å². The van der Waals surface area contributed by atoms with Gasteiger partial charge in [0.25, 0.3) is 5.56 Å². The molecule has 6 rings (SSSR count). The summed E-state index contributed by atoms with van der Waals surface area (Å²) in [7, 11) is 0. The molecule has 0 saturated heterocycles. The van der Waals surface area contributed by atoms with Crippen molar-refractivity contribution in [3.63, 3.8) is 0 Å². The molecule has 1 aliphatic rings. The van der Waals surface area contributed by atoms with Crippen molar-refractivity contribution < 1.29 is 0 Å². The number of hydrogen-bond acceptors (Lipinski definition) is 4. The SMILES string of the molecule is Cc1cc(-c2ncc(-c3cccnc3)cc2/C=C/c2ccc3c(c2)CCCC3)cnc1-c1ccc[nH]c1=O. The number of nitrogens with one attached hydrogen (secondary N) is 1. The minimum absolute atomic E-state index is 0.150. The van der Waals surface area contributed by atoms with Gasteiger partial charge in [-0.05, 0) is 85.2 Å². The van der Waals surface area contributed by atoms with E-state index in [0.29, 0.717) is 11.3 Å². The molecule has 4 heterocycles. The van der Waals surface area contributed by atoms with Crippen LogP contribution in [0.5, 0.6) is 0 Å². The van der Waals surface area contributed by atoms with Gasteiger partial charge < -0.3 is 4.98 Å². The van der Waals surface area contributed by atoms with Crippen LogP contribution in [0.1, 0.15) is 40.7 Å². The molecule has 0 radical (unpaired) electrons. The number of rotatable bonds is 5. The average molecular weight is 497 g/mol. The maximum absolute atomic E-state index is 12.3. The van der Waals surface area contributed by atoms with Crippen LogP contribution in [0.4, 0.5) is 0 Å². The van der Waals surface area contributed by atoms with Crippen LogP contribution in [0.3, 0.4) is 0 Å². The molecule has 0 unspecified atom stereocenters. The lowest BCUT2D eigenvalue weighted by Crippen LogP contribution is -2.08. The summed E-state index contributed by atoms with van der Waals surface area (Å²) in [6, 6.07) is 18.6. The van der Waals surface area contributed by atoms with Gasteiger partial charge >= 0.3 is 0 Å². The Morgan fingerprint density at radius 2 is 1.63 bits per heavy atom. The Balaban J connectivity index is 1.42. The highest BCUT2D eigenvalue weighted by Crippen LogP contribution is 2.30. The predicted octanol–water partition coefficient (Wildman–Crippen LogP) is 6.92. The van der Waals surface area contributed by atoms with E-state index < -0.39 is 0 Å². The van der Waals surface area contributed by atoms with Gasteiger partial charge in [0.15, 0.2) is 0 Å². The molecule has 38 heavy (non-hydrogen) atoms. The average Bonchev–Trinajstić information content (AvgIpc) is 2.97. The lowest BCUT2D eigenvalue weighted by Gasteiger charge is -2.15. The summed E-state index contributed by atoms with van der Waals surface area (Å²) in [5.41, 5.74) is 10.9. The Bertz CT molecular complexity index is 1700. The van der Waals surface area contributed by atoms with Gasteiger partial charge in [-0.15, -0.1) is 0 Å². The largest absolute Gasteiger partial charge is 0.329 e. The Morgan fingerprint density at radius 1 is 0.789 bits per heavy atom. The molecular weight excluding hydrogens is 468 g/mol. The van der Waals surface area contributed by atoms with Crippen molar-refractivity contribution in [2.45, 2.75) is 32.6 Å². The first-order valence-electron chi connectivity index (χ1n) is 13.0. The summed E-state index contributed by atoms with van der Waals surface area (Å²) in [6.07, 6.45) is 18.1. The lowest BCUT2D eigenvalue weighted by atomic mass is 9.90. The topological polar surface area (TPSA) is 71.5 Å². The van der Waals surface area contributed by atoms with Crippen LogP contribution in [0.2, 0.25) is 0 Å². The molecule has 4 aromatic heterocycles. The van der Waals surface area contributed by atoms with E-state index in [2.05, 4.69) is 57.4 Å². The fourth-order valence-corrected chi connectivity index (χ4v) is 5.18. The quantitative estimate of drug-likeness (QED) is 0.287. The van der Waals surface area contributed by atoms with Crippen LogP contribution in [0.25, 0.3) is 45.8 Å². The Labute approximate surface area is 222 Å².